The third kappa shape index (κ3) is 11.5. The predicted molar refractivity (Wildman–Crippen MR) is 122 cm³/mol. The molecule has 0 radical (unpaired) electrons. The molecule has 8 heteroatoms. The molecule has 0 aromatic heterocycles. The van der Waals surface area contributed by atoms with Gasteiger partial charge in [-0.25, -0.2) is 4.79 Å². The normalized spacial score (nSPS) is 13.4. The van der Waals surface area contributed by atoms with Gasteiger partial charge in [-0.2, -0.15) is 0 Å². The summed E-state index contributed by atoms with van der Waals surface area (Å²) < 4.78 is 18.5. The summed E-state index contributed by atoms with van der Waals surface area (Å²) in [5, 5.41) is 0. The first-order chi connectivity index (χ1) is 11.5. The van der Waals surface area contributed by atoms with Gasteiger partial charge in [-0.3, -0.25) is 0 Å². The Balaban J connectivity index is 4.69. The Hall–Kier alpha value is -0.262. The number of ether oxygens (including phenoxy) is 1. The SMILES string of the molecule is C=CC[Si](C)(C)O[Si](C)(C)CC[Si](C)(C)O[Si](C)(C)COC(=O)C(=C)C. The van der Waals surface area contributed by atoms with Crippen LogP contribution >= 0.6 is 0 Å². The second kappa shape index (κ2) is 9.79. The van der Waals surface area contributed by atoms with Crippen molar-refractivity contribution in [2.75, 3.05) is 6.23 Å². The molecule has 0 aliphatic rings. The van der Waals surface area contributed by atoms with Crippen molar-refractivity contribution < 1.29 is 17.8 Å². The summed E-state index contributed by atoms with van der Waals surface area (Å²) in [4.78, 5) is 11.6. The van der Waals surface area contributed by atoms with E-state index in [-0.39, 0.29) is 5.97 Å². The number of allylic oxidation sites excluding steroid dienone is 1. The fourth-order valence-corrected chi connectivity index (χ4v) is 22.3. The Labute approximate surface area is 165 Å². The lowest BCUT2D eigenvalue weighted by Crippen LogP contribution is -2.50. The smallest absolute Gasteiger partial charge is 0.332 e. The highest BCUT2D eigenvalue weighted by Gasteiger charge is 2.38. The van der Waals surface area contributed by atoms with Crippen molar-refractivity contribution in [1.29, 1.82) is 0 Å². The fraction of sp³-hybridized carbons (Fsp3) is 0.722. The van der Waals surface area contributed by atoms with Crippen LogP contribution in [0.15, 0.2) is 24.8 Å². The van der Waals surface area contributed by atoms with E-state index in [0.717, 1.165) is 18.1 Å². The number of esters is 1. The van der Waals surface area contributed by atoms with E-state index in [2.05, 4.69) is 65.5 Å². The second-order valence-electron chi connectivity index (χ2n) is 9.59. The second-order valence-corrected chi connectivity index (χ2v) is 27.0. The van der Waals surface area contributed by atoms with Gasteiger partial charge in [0.15, 0.2) is 25.0 Å². The Morgan fingerprint density at radius 1 is 0.846 bits per heavy atom. The molecule has 0 aromatic rings. The van der Waals surface area contributed by atoms with Crippen LogP contribution in [0.4, 0.5) is 0 Å². The van der Waals surface area contributed by atoms with Gasteiger partial charge >= 0.3 is 5.97 Å². The molecule has 0 atom stereocenters. The van der Waals surface area contributed by atoms with Gasteiger partial charge in [-0.1, -0.05) is 12.7 Å². The molecular weight excluding hydrogens is 393 g/mol. The first kappa shape index (κ1) is 25.7. The van der Waals surface area contributed by atoms with Crippen LogP contribution in [0.1, 0.15) is 6.92 Å². The molecule has 0 bridgehead atoms. The van der Waals surface area contributed by atoms with Crippen molar-refractivity contribution >= 4 is 39.2 Å². The molecular formula is C18H40O4Si4. The molecule has 0 saturated carbocycles. The summed E-state index contributed by atoms with van der Waals surface area (Å²) in [7, 11) is -7.28. The van der Waals surface area contributed by atoms with Crippen LogP contribution in [0, 0.1) is 0 Å². The van der Waals surface area contributed by atoms with Crippen molar-refractivity contribution in [2.45, 2.75) is 77.4 Å². The number of carbonyl (C=O) groups excluding carboxylic acids is 1. The van der Waals surface area contributed by atoms with Crippen molar-refractivity contribution in [3.8, 4) is 0 Å². The van der Waals surface area contributed by atoms with E-state index >= 15 is 0 Å². The number of rotatable bonds is 12. The molecule has 0 aromatic carbocycles. The predicted octanol–water partition coefficient (Wildman–Crippen LogP) is 5.68. The lowest BCUT2D eigenvalue weighted by atomic mass is 10.4. The van der Waals surface area contributed by atoms with Crippen LogP contribution < -0.4 is 0 Å². The Morgan fingerprint density at radius 2 is 1.27 bits per heavy atom. The maximum atomic E-state index is 11.6. The van der Waals surface area contributed by atoms with Crippen LogP contribution in [0.5, 0.6) is 0 Å². The quantitative estimate of drug-likeness (QED) is 0.172. The van der Waals surface area contributed by atoms with Crippen LogP contribution in [0.25, 0.3) is 0 Å². The lowest BCUT2D eigenvalue weighted by molar-refractivity contribution is -0.137. The molecule has 0 saturated heterocycles. The Bertz CT molecular complexity index is 513. The van der Waals surface area contributed by atoms with Gasteiger partial charge in [0, 0.05) is 5.57 Å². The molecule has 0 aliphatic heterocycles. The third-order valence-electron chi connectivity index (χ3n) is 3.97. The van der Waals surface area contributed by atoms with Gasteiger partial charge in [-0.05, 0) is 77.4 Å². The van der Waals surface area contributed by atoms with Gasteiger partial charge in [-0.15, -0.1) is 6.58 Å². The van der Waals surface area contributed by atoms with Gasteiger partial charge in [0.25, 0.3) is 0 Å². The Kier molecular flexibility index (Phi) is 9.69. The molecule has 0 rings (SSSR count). The summed E-state index contributed by atoms with van der Waals surface area (Å²) in [5.41, 5.74) is 0.433. The zero-order valence-corrected chi connectivity index (χ0v) is 22.5. The third-order valence-corrected chi connectivity index (χ3v) is 18.3. The fourth-order valence-electron chi connectivity index (χ4n) is 2.98. The molecule has 0 amide bonds. The highest BCUT2D eigenvalue weighted by atomic mass is 28.4. The zero-order valence-electron chi connectivity index (χ0n) is 18.5. The van der Waals surface area contributed by atoms with Crippen molar-refractivity contribution in [2.24, 2.45) is 0 Å². The van der Waals surface area contributed by atoms with Crippen LogP contribution in [0.2, 0.25) is 70.5 Å². The van der Waals surface area contributed by atoms with Gasteiger partial charge < -0.3 is 13.0 Å². The molecule has 0 aliphatic carbocycles. The first-order valence-electron chi connectivity index (χ1n) is 9.35. The summed E-state index contributed by atoms with van der Waals surface area (Å²) >= 11 is 0. The molecule has 4 nitrogen and oxygen atoms in total. The summed E-state index contributed by atoms with van der Waals surface area (Å²) in [5.74, 6) is -0.329. The molecule has 0 spiro atoms. The van der Waals surface area contributed by atoms with Gasteiger partial charge in [0.05, 0.1) is 0 Å². The first-order valence-corrected chi connectivity index (χ1v) is 21.8. The summed E-state index contributed by atoms with van der Waals surface area (Å²) in [6.45, 7) is 27.1. The minimum absolute atomic E-state index is 0.329. The molecule has 0 heterocycles. The average molecular weight is 433 g/mol. The maximum Gasteiger partial charge on any atom is 0.332 e. The average Bonchev–Trinajstić information content (AvgIpc) is 2.40. The molecule has 0 fully saturated rings. The van der Waals surface area contributed by atoms with E-state index in [1.807, 2.05) is 6.08 Å². The maximum absolute atomic E-state index is 11.6. The topological polar surface area (TPSA) is 44.8 Å². The van der Waals surface area contributed by atoms with E-state index in [1.54, 1.807) is 6.92 Å². The van der Waals surface area contributed by atoms with Crippen molar-refractivity contribution in [3.63, 3.8) is 0 Å². The minimum Gasteiger partial charge on any atom is -0.463 e. The summed E-state index contributed by atoms with van der Waals surface area (Å²) in [6.07, 6.45) is 2.37. The highest BCUT2D eigenvalue weighted by molar-refractivity contribution is 6.88. The minimum atomic E-state index is -2.06. The van der Waals surface area contributed by atoms with Crippen LogP contribution in [-0.4, -0.2) is 45.5 Å². The zero-order chi connectivity index (χ0) is 20.8. The van der Waals surface area contributed by atoms with E-state index in [1.165, 1.54) is 0 Å². The Morgan fingerprint density at radius 3 is 1.65 bits per heavy atom. The van der Waals surface area contributed by atoms with E-state index in [9.17, 15) is 4.79 Å². The van der Waals surface area contributed by atoms with Crippen molar-refractivity contribution in [1.82, 2.24) is 0 Å². The number of hydrogen-bond acceptors (Lipinski definition) is 4. The number of hydrogen-bond donors (Lipinski definition) is 0. The van der Waals surface area contributed by atoms with Gasteiger partial charge in [0.1, 0.15) is 6.23 Å². The van der Waals surface area contributed by atoms with Crippen molar-refractivity contribution in [3.05, 3.63) is 24.8 Å². The van der Waals surface area contributed by atoms with E-state index in [4.69, 9.17) is 13.0 Å². The van der Waals surface area contributed by atoms with E-state index in [0.29, 0.717) is 11.8 Å². The highest BCUT2D eigenvalue weighted by Crippen LogP contribution is 2.28. The molecule has 0 N–H and O–H groups in total. The van der Waals surface area contributed by atoms with Crippen LogP contribution in [-0.2, 0) is 17.8 Å². The molecule has 26 heavy (non-hydrogen) atoms. The van der Waals surface area contributed by atoms with Gasteiger partial charge in [0.2, 0.25) is 8.32 Å². The molecule has 0 unspecified atom stereocenters. The monoisotopic (exact) mass is 432 g/mol. The number of carbonyl (C=O) groups is 1. The lowest BCUT2D eigenvalue weighted by Gasteiger charge is -2.37. The van der Waals surface area contributed by atoms with Crippen LogP contribution in [0.3, 0.4) is 0 Å². The standard InChI is InChI=1S/C18H40O4Si4/c1-12-13-23(4,5)21-24(6,7)14-15-25(8,9)22-26(10,11)16-20-18(19)17(2)3/h12H,1-2,13-16H2,3-11H3. The largest absolute Gasteiger partial charge is 0.463 e. The van der Waals surface area contributed by atoms with E-state index < -0.39 is 33.3 Å². The summed E-state index contributed by atoms with van der Waals surface area (Å²) in [6, 6.07) is 3.18. The molecule has 152 valence electrons.